The average Bonchev–Trinajstić information content (AvgIpc) is 2.69. The third-order valence-corrected chi connectivity index (χ3v) is 6.73. The van der Waals surface area contributed by atoms with E-state index in [1.54, 1.807) is 0 Å². The fraction of sp³-hybridized carbons (Fsp3) is 0.278. The van der Waals surface area contributed by atoms with Crippen LogP contribution in [0.5, 0.6) is 0 Å². The van der Waals surface area contributed by atoms with Gasteiger partial charge in [-0.05, 0) is 30.7 Å². The molecule has 0 spiro atoms. The summed E-state index contributed by atoms with van der Waals surface area (Å²) in [7, 11) is -4.02. The van der Waals surface area contributed by atoms with Gasteiger partial charge in [0.1, 0.15) is 11.6 Å². The lowest BCUT2D eigenvalue weighted by Crippen LogP contribution is -2.50. The minimum Gasteiger partial charge on any atom is -0.336 e. The van der Waals surface area contributed by atoms with Gasteiger partial charge in [-0.25, -0.2) is 17.2 Å². The molecule has 1 saturated heterocycles. The van der Waals surface area contributed by atoms with Crippen molar-refractivity contribution in [1.82, 2.24) is 9.21 Å². The van der Waals surface area contributed by atoms with Gasteiger partial charge in [-0.3, -0.25) is 14.9 Å². The molecule has 1 heterocycles. The fourth-order valence-corrected chi connectivity index (χ4v) is 4.75. The maximum absolute atomic E-state index is 13.8. The molecule has 2 aromatic carbocycles. The summed E-state index contributed by atoms with van der Waals surface area (Å²) >= 11 is 0. The van der Waals surface area contributed by atoms with Crippen LogP contribution in [0.1, 0.15) is 15.9 Å². The van der Waals surface area contributed by atoms with E-state index in [9.17, 15) is 32.1 Å². The number of rotatable bonds is 4. The van der Waals surface area contributed by atoms with Gasteiger partial charge in [0.05, 0.1) is 15.4 Å². The number of aryl methyl sites for hydroxylation is 1. The Hall–Kier alpha value is -2.92. The average molecular weight is 425 g/mol. The van der Waals surface area contributed by atoms with Gasteiger partial charge in [0, 0.05) is 38.3 Å². The van der Waals surface area contributed by atoms with Crippen LogP contribution in [0.3, 0.4) is 0 Å². The van der Waals surface area contributed by atoms with Crippen LogP contribution in [-0.4, -0.2) is 54.6 Å². The molecule has 1 aliphatic rings. The van der Waals surface area contributed by atoms with Crippen LogP contribution in [0.2, 0.25) is 0 Å². The molecule has 0 aliphatic carbocycles. The zero-order valence-electron chi connectivity index (χ0n) is 15.3. The highest BCUT2D eigenvalue weighted by Crippen LogP contribution is 2.26. The second-order valence-corrected chi connectivity index (χ2v) is 8.43. The number of nitro benzene ring substituents is 1. The molecule has 0 aromatic heterocycles. The van der Waals surface area contributed by atoms with Crippen molar-refractivity contribution in [2.24, 2.45) is 0 Å². The van der Waals surface area contributed by atoms with Crippen LogP contribution in [0, 0.1) is 28.7 Å². The standard InChI is InChI=1S/C18H17F2N3O5S/c1-12-2-4-14(23(25)26)11-17(12)29(27,28)22-8-6-21(7-9-22)18(24)15-10-13(19)3-5-16(15)20/h2-5,10-11H,6-9H2,1H3. The number of hydrogen-bond donors (Lipinski definition) is 0. The molecule has 11 heteroatoms. The van der Waals surface area contributed by atoms with E-state index < -0.39 is 38.1 Å². The maximum atomic E-state index is 13.8. The van der Waals surface area contributed by atoms with E-state index in [-0.39, 0.29) is 36.8 Å². The van der Waals surface area contributed by atoms with Gasteiger partial charge in [-0.1, -0.05) is 6.07 Å². The van der Waals surface area contributed by atoms with Crippen LogP contribution < -0.4 is 0 Å². The smallest absolute Gasteiger partial charge is 0.270 e. The highest BCUT2D eigenvalue weighted by Gasteiger charge is 2.33. The Morgan fingerprint density at radius 2 is 1.72 bits per heavy atom. The quantitative estimate of drug-likeness (QED) is 0.553. The summed E-state index contributed by atoms with van der Waals surface area (Å²) in [5.74, 6) is -2.35. The summed E-state index contributed by atoms with van der Waals surface area (Å²) in [5.41, 5.74) is -0.406. The van der Waals surface area contributed by atoms with Crippen molar-refractivity contribution in [3.63, 3.8) is 0 Å². The summed E-state index contributed by atoms with van der Waals surface area (Å²) < 4.78 is 54.1. The number of non-ortho nitro benzene ring substituents is 1. The predicted octanol–water partition coefficient (Wildman–Crippen LogP) is 2.33. The van der Waals surface area contributed by atoms with Crippen molar-refractivity contribution in [1.29, 1.82) is 0 Å². The molecule has 0 bridgehead atoms. The highest BCUT2D eigenvalue weighted by atomic mass is 32.2. The first-order valence-electron chi connectivity index (χ1n) is 8.61. The number of amides is 1. The number of carbonyl (C=O) groups excluding carboxylic acids is 1. The highest BCUT2D eigenvalue weighted by molar-refractivity contribution is 7.89. The molecule has 1 amide bonds. The molecule has 29 heavy (non-hydrogen) atoms. The number of carbonyl (C=O) groups is 1. The molecule has 8 nitrogen and oxygen atoms in total. The topological polar surface area (TPSA) is 101 Å². The normalized spacial score (nSPS) is 15.3. The number of hydrogen-bond acceptors (Lipinski definition) is 5. The van der Waals surface area contributed by atoms with Crippen molar-refractivity contribution in [2.45, 2.75) is 11.8 Å². The van der Waals surface area contributed by atoms with E-state index in [0.717, 1.165) is 28.6 Å². The minimum absolute atomic E-state index is 0.0258. The third kappa shape index (κ3) is 4.10. The van der Waals surface area contributed by atoms with Crippen molar-refractivity contribution >= 4 is 21.6 Å². The van der Waals surface area contributed by atoms with Gasteiger partial charge in [-0.2, -0.15) is 4.31 Å². The van der Waals surface area contributed by atoms with Crippen molar-refractivity contribution in [3.05, 3.63) is 69.3 Å². The lowest BCUT2D eigenvalue weighted by atomic mass is 10.1. The van der Waals surface area contributed by atoms with Crippen LogP contribution in [0.4, 0.5) is 14.5 Å². The van der Waals surface area contributed by atoms with E-state index in [2.05, 4.69) is 0 Å². The van der Waals surface area contributed by atoms with Crippen molar-refractivity contribution in [2.75, 3.05) is 26.2 Å². The van der Waals surface area contributed by atoms with E-state index in [4.69, 9.17) is 0 Å². The summed E-state index contributed by atoms with van der Waals surface area (Å²) in [5, 5.41) is 11.0. The lowest BCUT2D eigenvalue weighted by Gasteiger charge is -2.34. The second kappa shape index (κ2) is 7.84. The molecule has 1 fully saturated rings. The number of sulfonamides is 1. The Morgan fingerprint density at radius 3 is 2.34 bits per heavy atom. The number of nitrogens with zero attached hydrogens (tertiary/aromatic N) is 3. The van der Waals surface area contributed by atoms with Gasteiger partial charge in [0.25, 0.3) is 11.6 Å². The predicted molar refractivity (Wildman–Crippen MR) is 98.9 cm³/mol. The molecule has 0 radical (unpaired) electrons. The molecular formula is C18H17F2N3O5S. The van der Waals surface area contributed by atoms with Crippen LogP contribution in [-0.2, 0) is 10.0 Å². The summed E-state index contributed by atoms with van der Waals surface area (Å²) in [4.78, 5) is 23.8. The Balaban J connectivity index is 1.78. The Morgan fingerprint density at radius 1 is 1.07 bits per heavy atom. The first-order chi connectivity index (χ1) is 13.6. The minimum atomic E-state index is -4.02. The molecule has 2 aromatic rings. The van der Waals surface area contributed by atoms with Crippen LogP contribution >= 0.6 is 0 Å². The van der Waals surface area contributed by atoms with Crippen molar-refractivity contribution < 1.29 is 26.9 Å². The fourth-order valence-electron chi connectivity index (χ4n) is 3.08. The summed E-state index contributed by atoms with van der Waals surface area (Å²) in [6.45, 7) is 1.33. The zero-order chi connectivity index (χ0) is 21.3. The van der Waals surface area contributed by atoms with Gasteiger partial charge in [0.15, 0.2) is 0 Å². The summed E-state index contributed by atoms with van der Waals surface area (Å²) in [6, 6.07) is 6.14. The second-order valence-electron chi connectivity index (χ2n) is 6.53. The number of piperazine rings is 1. The Bertz CT molecular complexity index is 1080. The molecule has 0 N–H and O–H groups in total. The Kier molecular flexibility index (Phi) is 5.62. The number of halogens is 2. The van der Waals surface area contributed by atoms with Crippen molar-refractivity contribution in [3.8, 4) is 0 Å². The first kappa shape index (κ1) is 20.8. The SMILES string of the molecule is Cc1ccc([N+](=O)[O-])cc1S(=O)(=O)N1CCN(C(=O)c2cc(F)ccc2F)CC1. The first-order valence-corrected chi connectivity index (χ1v) is 10.0. The van der Waals surface area contributed by atoms with Crippen LogP contribution in [0.25, 0.3) is 0 Å². The molecular weight excluding hydrogens is 408 g/mol. The van der Waals surface area contributed by atoms with Gasteiger partial charge in [-0.15, -0.1) is 0 Å². The van der Waals surface area contributed by atoms with Gasteiger partial charge < -0.3 is 4.90 Å². The molecule has 0 unspecified atom stereocenters. The van der Waals surface area contributed by atoms with Gasteiger partial charge >= 0.3 is 0 Å². The van der Waals surface area contributed by atoms with Gasteiger partial charge in [0.2, 0.25) is 10.0 Å². The molecule has 3 rings (SSSR count). The monoisotopic (exact) mass is 425 g/mol. The zero-order valence-corrected chi connectivity index (χ0v) is 16.2. The number of nitro groups is 1. The summed E-state index contributed by atoms with van der Waals surface area (Å²) in [6.07, 6.45) is 0. The largest absolute Gasteiger partial charge is 0.336 e. The Labute approximate surface area is 165 Å². The third-order valence-electron chi connectivity index (χ3n) is 4.69. The number of benzene rings is 2. The van der Waals surface area contributed by atoms with E-state index >= 15 is 0 Å². The van der Waals surface area contributed by atoms with Crippen LogP contribution in [0.15, 0.2) is 41.3 Å². The molecule has 0 atom stereocenters. The lowest BCUT2D eigenvalue weighted by molar-refractivity contribution is -0.385. The molecule has 154 valence electrons. The molecule has 0 saturated carbocycles. The van der Waals surface area contributed by atoms with E-state index in [0.29, 0.717) is 5.56 Å². The van der Waals surface area contributed by atoms with E-state index in [1.807, 2.05) is 0 Å². The maximum Gasteiger partial charge on any atom is 0.270 e. The molecule has 1 aliphatic heterocycles. The van der Waals surface area contributed by atoms with E-state index in [1.165, 1.54) is 24.0 Å².